The molecule has 0 saturated carbocycles. The van der Waals surface area contributed by atoms with Crippen molar-refractivity contribution in [3.63, 3.8) is 0 Å². The van der Waals surface area contributed by atoms with Gasteiger partial charge < -0.3 is 19.5 Å². The molecule has 0 aromatic heterocycles. The van der Waals surface area contributed by atoms with E-state index in [0.717, 1.165) is 35.8 Å². The van der Waals surface area contributed by atoms with Gasteiger partial charge in [0.1, 0.15) is 18.2 Å². The number of amidine groups is 1. The molecule has 0 unspecified atom stereocenters. The van der Waals surface area contributed by atoms with E-state index >= 15 is 0 Å². The molecule has 1 aliphatic rings. The third kappa shape index (κ3) is 3.39. The van der Waals surface area contributed by atoms with E-state index in [2.05, 4.69) is 10.3 Å². The van der Waals surface area contributed by atoms with Gasteiger partial charge in [-0.05, 0) is 29.8 Å². The van der Waals surface area contributed by atoms with Crippen LogP contribution in [-0.4, -0.2) is 33.1 Å². The molecular weight excluding hydrogens is 292 g/mol. The molecule has 3 rings (SSSR count). The van der Waals surface area contributed by atoms with Gasteiger partial charge in [-0.25, -0.2) is 0 Å². The van der Waals surface area contributed by atoms with E-state index in [1.165, 1.54) is 0 Å². The van der Waals surface area contributed by atoms with Gasteiger partial charge in [0.2, 0.25) is 0 Å². The lowest BCUT2D eigenvalue weighted by Gasteiger charge is -2.15. The molecule has 5 nitrogen and oxygen atoms in total. The van der Waals surface area contributed by atoms with Crippen molar-refractivity contribution < 1.29 is 14.2 Å². The van der Waals surface area contributed by atoms with Crippen LogP contribution in [0.3, 0.4) is 0 Å². The summed E-state index contributed by atoms with van der Waals surface area (Å²) in [6.45, 7) is 2.08. The highest BCUT2D eigenvalue weighted by Gasteiger charge is 2.17. The van der Waals surface area contributed by atoms with Crippen molar-refractivity contribution in [1.29, 1.82) is 0 Å². The summed E-state index contributed by atoms with van der Waals surface area (Å²) in [4.78, 5) is 4.47. The molecule has 1 heterocycles. The van der Waals surface area contributed by atoms with Crippen LogP contribution in [0.5, 0.6) is 17.2 Å². The second kappa shape index (κ2) is 7.05. The first kappa shape index (κ1) is 15.2. The Hall–Kier alpha value is -2.69. The van der Waals surface area contributed by atoms with E-state index in [9.17, 15) is 0 Å². The lowest BCUT2D eigenvalue weighted by atomic mass is 10.1. The van der Waals surface area contributed by atoms with Gasteiger partial charge in [-0.1, -0.05) is 18.2 Å². The van der Waals surface area contributed by atoms with Crippen LogP contribution >= 0.6 is 0 Å². The Morgan fingerprint density at radius 2 is 1.87 bits per heavy atom. The van der Waals surface area contributed by atoms with E-state index in [0.29, 0.717) is 18.1 Å². The third-order valence-electron chi connectivity index (χ3n) is 3.67. The van der Waals surface area contributed by atoms with E-state index in [1.807, 2.05) is 42.5 Å². The number of methoxy groups -OCH3 is 2. The molecule has 0 amide bonds. The highest BCUT2D eigenvalue weighted by Crippen LogP contribution is 2.32. The van der Waals surface area contributed by atoms with Crippen molar-refractivity contribution in [3.05, 3.63) is 53.6 Å². The van der Waals surface area contributed by atoms with Crippen LogP contribution in [0, 0.1) is 0 Å². The van der Waals surface area contributed by atoms with Crippen molar-refractivity contribution in [2.75, 3.05) is 27.3 Å². The molecule has 0 bridgehead atoms. The van der Waals surface area contributed by atoms with E-state index in [-0.39, 0.29) is 0 Å². The zero-order valence-corrected chi connectivity index (χ0v) is 13.3. The summed E-state index contributed by atoms with van der Waals surface area (Å²) in [6, 6.07) is 13.6. The number of para-hydroxylation sites is 1. The first-order valence-corrected chi connectivity index (χ1v) is 7.53. The molecule has 0 atom stereocenters. The van der Waals surface area contributed by atoms with E-state index in [1.54, 1.807) is 14.2 Å². The molecule has 2 aromatic rings. The molecule has 23 heavy (non-hydrogen) atoms. The Balaban J connectivity index is 1.82. The van der Waals surface area contributed by atoms with Crippen LogP contribution in [0.15, 0.2) is 47.5 Å². The van der Waals surface area contributed by atoms with E-state index < -0.39 is 0 Å². The first-order chi connectivity index (χ1) is 11.3. The van der Waals surface area contributed by atoms with Crippen molar-refractivity contribution in [2.24, 2.45) is 4.99 Å². The summed E-state index contributed by atoms with van der Waals surface area (Å²) in [5, 5.41) is 3.28. The molecule has 0 spiro atoms. The minimum Gasteiger partial charge on any atom is -0.497 e. The molecular formula is C18H20N2O3. The second-order valence-corrected chi connectivity index (χ2v) is 5.13. The Kier molecular flexibility index (Phi) is 4.66. The fraction of sp³-hybridized carbons (Fsp3) is 0.278. The third-order valence-corrected chi connectivity index (χ3v) is 3.67. The summed E-state index contributed by atoms with van der Waals surface area (Å²) in [7, 11) is 3.30. The van der Waals surface area contributed by atoms with Crippen molar-refractivity contribution in [1.82, 2.24) is 5.32 Å². The highest BCUT2D eigenvalue weighted by molar-refractivity contribution is 6.02. The summed E-state index contributed by atoms with van der Waals surface area (Å²) < 4.78 is 16.7. The van der Waals surface area contributed by atoms with Gasteiger partial charge in [0.25, 0.3) is 0 Å². The molecule has 0 aliphatic carbocycles. The van der Waals surface area contributed by atoms with Crippen LogP contribution in [-0.2, 0) is 6.61 Å². The van der Waals surface area contributed by atoms with Crippen LogP contribution in [0.1, 0.15) is 11.1 Å². The molecule has 0 saturated heterocycles. The number of benzene rings is 2. The molecule has 120 valence electrons. The Morgan fingerprint density at radius 1 is 1.04 bits per heavy atom. The summed E-state index contributed by atoms with van der Waals surface area (Å²) in [6.07, 6.45) is 0. The molecule has 5 heteroatoms. The molecule has 2 aromatic carbocycles. The van der Waals surface area contributed by atoms with Gasteiger partial charge in [0.15, 0.2) is 11.5 Å². The predicted octanol–water partition coefficient (Wildman–Crippen LogP) is 2.63. The topological polar surface area (TPSA) is 52.1 Å². The summed E-state index contributed by atoms with van der Waals surface area (Å²) in [5.74, 6) is 3.09. The van der Waals surface area contributed by atoms with E-state index in [4.69, 9.17) is 14.2 Å². The number of hydrogen-bond acceptors (Lipinski definition) is 5. The zero-order chi connectivity index (χ0) is 16.1. The minimum absolute atomic E-state index is 0.449. The largest absolute Gasteiger partial charge is 0.497 e. The number of rotatable bonds is 6. The summed E-state index contributed by atoms with van der Waals surface area (Å²) >= 11 is 0. The molecule has 0 radical (unpaired) electrons. The summed E-state index contributed by atoms with van der Waals surface area (Å²) in [5.41, 5.74) is 1.99. The fourth-order valence-corrected chi connectivity index (χ4v) is 2.47. The first-order valence-electron chi connectivity index (χ1n) is 7.53. The van der Waals surface area contributed by atoms with Crippen molar-refractivity contribution in [3.8, 4) is 17.2 Å². The van der Waals surface area contributed by atoms with Gasteiger partial charge in [-0.2, -0.15) is 0 Å². The normalized spacial score (nSPS) is 13.2. The second-order valence-electron chi connectivity index (χ2n) is 5.13. The monoisotopic (exact) mass is 312 g/mol. The van der Waals surface area contributed by atoms with Gasteiger partial charge in [0.05, 0.1) is 26.3 Å². The van der Waals surface area contributed by atoms with Gasteiger partial charge >= 0.3 is 0 Å². The number of hydrogen-bond donors (Lipinski definition) is 1. The standard InChI is InChI=1S/C18H20N2O3/c1-21-14-8-6-13(7-9-14)12-23-17-15(18-19-10-11-20-18)4-3-5-16(17)22-2/h3-9H,10-12H2,1-2H3,(H,19,20). The number of aliphatic imine (C=N–C) groups is 1. The lowest BCUT2D eigenvalue weighted by Crippen LogP contribution is -2.20. The predicted molar refractivity (Wildman–Crippen MR) is 89.7 cm³/mol. The number of nitrogens with one attached hydrogen (secondary N) is 1. The maximum atomic E-state index is 6.04. The smallest absolute Gasteiger partial charge is 0.172 e. The van der Waals surface area contributed by atoms with Crippen molar-refractivity contribution in [2.45, 2.75) is 6.61 Å². The Labute approximate surface area is 135 Å². The molecule has 1 aliphatic heterocycles. The Morgan fingerprint density at radius 3 is 2.52 bits per heavy atom. The average Bonchev–Trinajstić information content (AvgIpc) is 3.14. The molecule has 1 N–H and O–H groups in total. The van der Waals surface area contributed by atoms with Crippen LogP contribution < -0.4 is 19.5 Å². The fourth-order valence-electron chi connectivity index (χ4n) is 2.47. The highest BCUT2D eigenvalue weighted by atomic mass is 16.5. The lowest BCUT2D eigenvalue weighted by molar-refractivity contribution is 0.283. The minimum atomic E-state index is 0.449. The van der Waals surface area contributed by atoms with Crippen LogP contribution in [0.2, 0.25) is 0 Å². The number of nitrogens with zero attached hydrogens (tertiary/aromatic N) is 1. The van der Waals surface area contributed by atoms with Crippen LogP contribution in [0.4, 0.5) is 0 Å². The Bertz CT molecular complexity index is 696. The maximum Gasteiger partial charge on any atom is 0.172 e. The average molecular weight is 312 g/mol. The zero-order valence-electron chi connectivity index (χ0n) is 13.3. The van der Waals surface area contributed by atoms with Crippen molar-refractivity contribution >= 4 is 5.84 Å². The maximum absolute atomic E-state index is 6.04. The van der Waals surface area contributed by atoms with Crippen LogP contribution in [0.25, 0.3) is 0 Å². The molecule has 0 fully saturated rings. The van der Waals surface area contributed by atoms with Gasteiger partial charge in [-0.15, -0.1) is 0 Å². The van der Waals surface area contributed by atoms with Gasteiger partial charge in [0, 0.05) is 6.54 Å². The quantitative estimate of drug-likeness (QED) is 0.891. The SMILES string of the molecule is COc1ccc(COc2c(OC)cccc2C2=NCCN2)cc1. The van der Waals surface area contributed by atoms with Gasteiger partial charge in [-0.3, -0.25) is 4.99 Å². The number of ether oxygens (including phenoxy) is 3.